The highest BCUT2D eigenvalue weighted by atomic mass is 19.4. The number of aliphatic hydroxyl groups is 1. The Hall–Kier alpha value is -2.74. The molecule has 2 aromatic rings. The van der Waals surface area contributed by atoms with Gasteiger partial charge in [-0.25, -0.2) is 5.01 Å². The van der Waals surface area contributed by atoms with Gasteiger partial charge in [0.1, 0.15) is 0 Å². The number of nitrogens with zero attached hydrogens (tertiary/aromatic N) is 2. The number of aromatic nitrogens is 1. The molecule has 1 aliphatic rings. The van der Waals surface area contributed by atoms with Gasteiger partial charge in [-0.05, 0) is 37.3 Å². The second kappa shape index (κ2) is 5.41. The number of carbonyl (C=O) groups is 1. The van der Waals surface area contributed by atoms with Crippen molar-refractivity contribution in [3.8, 4) is 5.69 Å². The van der Waals surface area contributed by atoms with Crippen LogP contribution in [0.3, 0.4) is 0 Å². The molecule has 1 unspecified atom stereocenters. The highest BCUT2D eigenvalue weighted by Gasteiger charge is 2.61. The summed E-state index contributed by atoms with van der Waals surface area (Å²) in [5, 5.41) is 10.2. The zero-order valence-electron chi connectivity index (χ0n) is 12.6. The highest BCUT2D eigenvalue weighted by molar-refractivity contribution is 5.98. The molecule has 0 spiro atoms. The average Bonchev–Trinajstić information content (AvgIpc) is 3.14. The van der Waals surface area contributed by atoms with Crippen molar-refractivity contribution in [3.63, 3.8) is 0 Å². The fourth-order valence-corrected chi connectivity index (χ4v) is 2.57. The standard InChI is InChI=1S/C16H14F3N3O2/c1-11-10-15(24,16(17,18)19)22(20-11)14(23)12-6-2-3-7-13(12)21-8-4-5-9-21/h2-10,20,24H,1H3. The minimum atomic E-state index is -5.05. The number of alkyl halides is 3. The molecule has 1 aliphatic heterocycles. The Bertz CT molecular complexity index is 799. The van der Waals surface area contributed by atoms with Gasteiger partial charge in [0.2, 0.25) is 0 Å². The van der Waals surface area contributed by atoms with Crippen molar-refractivity contribution in [3.05, 3.63) is 66.1 Å². The van der Waals surface area contributed by atoms with Crippen LogP contribution in [-0.4, -0.2) is 32.5 Å². The predicted molar refractivity (Wildman–Crippen MR) is 79.8 cm³/mol. The van der Waals surface area contributed by atoms with Crippen molar-refractivity contribution in [1.82, 2.24) is 15.0 Å². The van der Waals surface area contributed by atoms with E-state index in [9.17, 15) is 23.1 Å². The maximum absolute atomic E-state index is 13.3. The SMILES string of the molecule is CC1=CC(O)(C(F)(F)F)N(C(=O)c2ccccc2-n2cccc2)N1. The molecule has 2 heterocycles. The molecule has 0 fully saturated rings. The molecule has 5 nitrogen and oxygen atoms in total. The monoisotopic (exact) mass is 337 g/mol. The van der Waals surface area contributed by atoms with Gasteiger partial charge in [-0.3, -0.25) is 10.2 Å². The van der Waals surface area contributed by atoms with E-state index in [0.717, 1.165) is 0 Å². The van der Waals surface area contributed by atoms with Crippen molar-refractivity contribution < 1.29 is 23.1 Å². The van der Waals surface area contributed by atoms with E-state index in [-0.39, 0.29) is 16.3 Å². The first kappa shape index (κ1) is 16.1. The molecule has 1 aromatic carbocycles. The van der Waals surface area contributed by atoms with Crippen molar-refractivity contribution in [2.45, 2.75) is 18.8 Å². The number of para-hydroxylation sites is 1. The lowest BCUT2D eigenvalue weighted by Gasteiger charge is -2.34. The molecule has 0 aliphatic carbocycles. The number of halogens is 3. The lowest BCUT2D eigenvalue weighted by Crippen LogP contribution is -2.60. The molecule has 8 heteroatoms. The van der Waals surface area contributed by atoms with Crippen LogP contribution in [0.5, 0.6) is 0 Å². The lowest BCUT2D eigenvalue weighted by atomic mass is 10.1. The Morgan fingerprint density at radius 3 is 2.42 bits per heavy atom. The van der Waals surface area contributed by atoms with Gasteiger partial charge in [0, 0.05) is 18.1 Å². The van der Waals surface area contributed by atoms with E-state index < -0.39 is 17.8 Å². The average molecular weight is 337 g/mol. The van der Waals surface area contributed by atoms with Crippen LogP contribution in [0, 0.1) is 0 Å². The summed E-state index contributed by atoms with van der Waals surface area (Å²) in [7, 11) is 0. The van der Waals surface area contributed by atoms with Crippen LogP contribution in [0.15, 0.2) is 60.6 Å². The maximum Gasteiger partial charge on any atom is 0.442 e. The minimum absolute atomic E-state index is 0.0203. The van der Waals surface area contributed by atoms with Crippen molar-refractivity contribution >= 4 is 5.91 Å². The van der Waals surface area contributed by atoms with Crippen molar-refractivity contribution in [2.24, 2.45) is 0 Å². The second-order valence-corrected chi connectivity index (χ2v) is 5.41. The van der Waals surface area contributed by atoms with E-state index in [1.54, 1.807) is 47.3 Å². The number of benzene rings is 1. The molecule has 1 amide bonds. The molecule has 126 valence electrons. The number of amides is 1. The number of hydrogen-bond acceptors (Lipinski definition) is 3. The molecule has 0 bridgehead atoms. The normalized spacial score (nSPS) is 20.7. The van der Waals surface area contributed by atoms with Crippen LogP contribution >= 0.6 is 0 Å². The molecule has 24 heavy (non-hydrogen) atoms. The number of hydrogen-bond donors (Lipinski definition) is 2. The Labute approximate surface area is 135 Å². The van der Waals surface area contributed by atoms with Crippen LogP contribution in [0.25, 0.3) is 5.69 Å². The highest BCUT2D eigenvalue weighted by Crippen LogP contribution is 2.38. The fraction of sp³-hybridized carbons (Fsp3) is 0.188. The van der Waals surface area contributed by atoms with E-state index in [1.165, 1.54) is 13.0 Å². The predicted octanol–water partition coefficient (Wildman–Crippen LogP) is 2.59. The molecule has 1 atom stereocenters. The van der Waals surface area contributed by atoms with Crippen molar-refractivity contribution in [2.75, 3.05) is 0 Å². The van der Waals surface area contributed by atoms with E-state index in [2.05, 4.69) is 5.43 Å². The molecule has 1 aromatic heterocycles. The summed E-state index contributed by atoms with van der Waals surface area (Å²) in [5.74, 6) is -0.993. The van der Waals surface area contributed by atoms with Crippen LogP contribution in [0.1, 0.15) is 17.3 Å². The topological polar surface area (TPSA) is 57.5 Å². The minimum Gasteiger partial charge on any atom is -0.359 e. The van der Waals surface area contributed by atoms with E-state index in [0.29, 0.717) is 11.8 Å². The Kier molecular flexibility index (Phi) is 3.64. The molecule has 0 saturated carbocycles. The van der Waals surface area contributed by atoms with Crippen LogP contribution in [0.2, 0.25) is 0 Å². The number of nitrogens with one attached hydrogen (secondary N) is 1. The van der Waals surface area contributed by atoms with E-state index >= 15 is 0 Å². The Morgan fingerprint density at radius 1 is 1.17 bits per heavy atom. The third-order valence-electron chi connectivity index (χ3n) is 3.68. The maximum atomic E-state index is 13.3. The third-order valence-corrected chi connectivity index (χ3v) is 3.68. The number of carbonyl (C=O) groups excluding carboxylic acids is 1. The van der Waals surface area contributed by atoms with Crippen LogP contribution in [0.4, 0.5) is 13.2 Å². The number of hydrazine groups is 1. The summed E-state index contributed by atoms with van der Waals surface area (Å²) in [4.78, 5) is 12.7. The van der Waals surface area contributed by atoms with Gasteiger partial charge < -0.3 is 9.67 Å². The summed E-state index contributed by atoms with van der Waals surface area (Å²) in [5.41, 5.74) is -0.662. The molecule has 0 saturated heterocycles. The summed E-state index contributed by atoms with van der Waals surface area (Å²) in [6.07, 6.45) is -1.13. The lowest BCUT2D eigenvalue weighted by molar-refractivity contribution is -0.283. The second-order valence-electron chi connectivity index (χ2n) is 5.41. The number of rotatable bonds is 2. The van der Waals surface area contributed by atoms with Gasteiger partial charge in [0.25, 0.3) is 11.6 Å². The molecule has 3 rings (SSSR count). The fourth-order valence-electron chi connectivity index (χ4n) is 2.57. The van der Waals surface area contributed by atoms with Gasteiger partial charge in [0.05, 0.1) is 11.3 Å². The summed E-state index contributed by atoms with van der Waals surface area (Å²) in [6.45, 7) is 1.34. The van der Waals surface area contributed by atoms with Crippen LogP contribution in [-0.2, 0) is 0 Å². The summed E-state index contributed by atoms with van der Waals surface area (Å²) < 4.78 is 41.5. The summed E-state index contributed by atoms with van der Waals surface area (Å²) in [6, 6.07) is 9.69. The number of allylic oxidation sites excluding steroid dienone is 1. The van der Waals surface area contributed by atoms with E-state index in [1.807, 2.05) is 0 Å². The zero-order valence-corrected chi connectivity index (χ0v) is 12.6. The van der Waals surface area contributed by atoms with Gasteiger partial charge in [0.15, 0.2) is 0 Å². The van der Waals surface area contributed by atoms with Crippen molar-refractivity contribution in [1.29, 1.82) is 0 Å². The quantitative estimate of drug-likeness (QED) is 0.886. The third kappa shape index (κ3) is 2.44. The Morgan fingerprint density at radius 2 is 1.79 bits per heavy atom. The smallest absolute Gasteiger partial charge is 0.359 e. The van der Waals surface area contributed by atoms with Gasteiger partial charge in [-0.2, -0.15) is 13.2 Å². The first-order chi connectivity index (χ1) is 11.2. The van der Waals surface area contributed by atoms with Gasteiger partial charge in [-0.15, -0.1) is 0 Å². The summed E-state index contributed by atoms with van der Waals surface area (Å²) >= 11 is 0. The molecule has 0 radical (unpaired) electrons. The van der Waals surface area contributed by atoms with E-state index in [4.69, 9.17) is 0 Å². The molecular formula is C16H14F3N3O2. The molecule has 2 N–H and O–H groups in total. The first-order valence-corrected chi connectivity index (χ1v) is 7.06. The largest absolute Gasteiger partial charge is 0.442 e. The van der Waals surface area contributed by atoms with Gasteiger partial charge in [-0.1, -0.05) is 12.1 Å². The molecular weight excluding hydrogens is 323 g/mol. The zero-order chi connectivity index (χ0) is 17.5. The van der Waals surface area contributed by atoms with Gasteiger partial charge >= 0.3 is 6.18 Å². The van der Waals surface area contributed by atoms with Crippen LogP contribution < -0.4 is 5.43 Å². The first-order valence-electron chi connectivity index (χ1n) is 7.06. The Balaban J connectivity index is 2.05.